The predicted molar refractivity (Wildman–Crippen MR) is 105 cm³/mol. The zero-order valence-electron chi connectivity index (χ0n) is 15.4. The highest BCUT2D eigenvalue weighted by atomic mass is 32.2. The molecule has 8 heteroatoms. The number of H-pyrrole nitrogens is 1. The van der Waals surface area contributed by atoms with Gasteiger partial charge in [-0.1, -0.05) is 6.07 Å². The summed E-state index contributed by atoms with van der Waals surface area (Å²) < 4.78 is 48.6. The predicted octanol–water partition coefficient (Wildman–Crippen LogP) is 4.25. The minimum atomic E-state index is -4.56. The van der Waals surface area contributed by atoms with Crippen LogP contribution in [-0.2, 0) is 9.84 Å². The SMILES string of the molecule is Cc1ccc2nc([C@@H]3CCCN(c4ccc(S(=O)(=O)C(F)F)cc4)C3)[nH]c2c1. The van der Waals surface area contributed by atoms with E-state index >= 15 is 0 Å². The number of aromatic nitrogens is 2. The molecule has 0 bridgehead atoms. The van der Waals surface area contributed by atoms with Gasteiger partial charge in [0, 0.05) is 24.7 Å². The number of alkyl halides is 2. The Bertz CT molecular complexity index is 1090. The van der Waals surface area contributed by atoms with Gasteiger partial charge in [-0.05, 0) is 61.7 Å². The summed E-state index contributed by atoms with van der Waals surface area (Å²) in [6, 6.07) is 11.8. The van der Waals surface area contributed by atoms with Crippen LogP contribution in [-0.4, -0.2) is 37.2 Å². The molecule has 148 valence electrons. The summed E-state index contributed by atoms with van der Waals surface area (Å²) in [6.45, 7) is 3.61. The van der Waals surface area contributed by atoms with E-state index < -0.39 is 15.6 Å². The van der Waals surface area contributed by atoms with E-state index in [1.165, 1.54) is 17.7 Å². The molecule has 28 heavy (non-hydrogen) atoms. The van der Waals surface area contributed by atoms with Crippen molar-refractivity contribution in [3.8, 4) is 0 Å². The highest BCUT2D eigenvalue weighted by molar-refractivity contribution is 7.91. The number of hydrogen-bond donors (Lipinski definition) is 1. The summed E-state index contributed by atoms with van der Waals surface area (Å²) in [4.78, 5) is 9.94. The molecule has 2 heterocycles. The Morgan fingerprint density at radius 3 is 2.64 bits per heavy atom. The van der Waals surface area contributed by atoms with Crippen LogP contribution in [0.2, 0.25) is 0 Å². The van der Waals surface area contributed by atoms with E-state index in [0.717, 1.165) is 48.5 Å². The number of nitrogens with zero attached hydrogens (tertiary/aromatic N) is 2. The number of piperidine rings is 1. The van der Waals surface area contributed by atoms with Crippen LogP contribution in [0.1, 0.15) is 30.1 Å². The number of imidazole rings is 1. The van der Waals surface area contributed by atoms with Crippen LogP contribution in [0.25, 0.3) is 11.0 Å². The van der Waals surface area contributed by atoms with Crippen molar-refractivity contribution < 1.29 is 17.2 Å². The Kier molecular flexibility index (Phi) is 4.82. The van der Waals surface area contributed by atoms with E-state index in [1.807, 2.05) is 19.1 Å². The van der Waals surface area contributed by atoms with Crippen molar-refractivity contribution in [3.05, 3.63) is 53.9 Å². The normalized spacial score (nSPS) is 18.1. The number of aryl methyl sites for hydroxylation is 1. The fourth-order valence-corrected chi connectivity index (χ4v) is 4.44. The highest BCUT2D eigenvalue weighted by Gasteiger charge is 2.27. The van der Waals surface area contributed by atoms with Crippen molar-refractivity contribution in [1.29, 1.82) is 0 Å². The topological polar surface area (TPSA) is 66.1 Å². The lowest BCUT2D eigenvalue weighted by atomic mass is 9.97. The molecule has 1 atom stereocenters. The van der Waals surface area contributed by atoms with Crippen LogP contribution in [0.5, 0.6) is 0 Å². The Hall–Kier alpha value is -2.48. The Balaban J connectivity index is 1.55. The summed E-state index contributed by atoms with van der Waals surface area (Å²) in [5, 5.41) is 0. The Labute approximate surface area is 162 Å². The number of benzene rings is 2. The van der Waals surface area contributed by atoms with Gasteiger partial charge in [-0.15, -0.1) is 0 Å². The average molecular weight is 405 g/mol. The van der Waals surface area contributed by atoms with E-state index in [2.05, 4.69) is 16.0 Å². The molecular weight excluding hydrogens is 384 g/mol. The maximum absolute atomic E-state index is 12.7. The third-order valence-electron chi connectivity index (χ3n) is 5.23. The third kappa shape index (κ3) is 3.48. The van der Waals surface area contributed by atoms with Gasteiger partial charge in [-0.3, -0.25) is 0 Å². The molecule has 4 rings (SSSR count). The van der Waals surface area contributed by atoms with Gasteiger partial charge in [0.15, 0.2) is 0 Å². The number of halogens is 2. The van der Waals surface area contributed by atoms with Crippen molar-refractivity contribution >= 4 is 26.6 Å². The second kappa shape index (κ2) is 7.16. The molecule has 0 aliphatic carbocycles. The minimum absolute atomic E-state index is 0.228. The second-order valence-corrected chi connectivity index (χ2v) is 9.15. The summed E-state index contributed by atoms with van der Waals surface area (Å²) in [5.41, 5.74) is 3.96. The van der Waals surface area contributed by atoms with E-state index in [9.17, 15) is 17.2 Å². The van der Waals surface area contributed by atoms with Gasteiger partial charge in [0.05, 0.1) is 15.9 Å². The molecule has 1 N–H and O–H groups in total. The first-order valence-electron chi connectivity index (χ1n) is 9.18. The smallest absolute Gasteiger partial charge is 0.341 e. The molecule has 0 saturated carbocycles. The molecule has 0 spiro atoms. The second-order valence-electron chi connectivity index (χ2n) is 7.23. The van der Waals surface area contributed by atoms with Gasteiger partial charge in [-0.2, -0.15) is 8.78 Å². The maximum atomic E-state index is 12.7. The Morgan fingerprint density at radius 1 is 1.18 bits per heavy atom. The third-order valence-corrected chi connectivity index (χ3v) is 6.63. The van der Waals surface area contributed by atoms with Gasteiger partial charge in [-0.25, -0.2) is 13.4 Å². The van der Waals surface area contributed by atoms with Gasteiger partial charge in [0.2, 0.25) is 9.84 Å². The molecule has 1 fully saturated rings. The van der Waals surface area contributed by atoms with Crippen molar-refractivity contribution in [2.45, 2.75) is 36.3 Å². The van der Waals surface area contributed by atoms with Crippen LogP contribution in [0.3, 0.4) is 0 Å². The number of anilines is 1. The molecule has 0 radical (unpaired) electrons. The van der Waals surface area contributed by atoms with Crippen LogP contribution >= 0.6 is 0 Å². The van der Waals surface area contributed by atoms with Gasteiger partial charge in [0.1, 0.15) is 5.82 Å². The van der Waals surface area contributed by atoms with Crippen molar-refractivity contribution in [2.75, 3.05) is 18.0 Å². The highest BCUT2D eigenvalue weighted by Crippen LogP contribution is 2.31. The summed E-state index contributed by atoms with van der Waals surface area (Å²) in [6.07, 6.45) is 1.98. The summed E-state index contributed by atoms with van der Waals surface area (Å²) >= 11 is 0. The summed E-state index contributed by atoms with van der Waals surface area (Å²) in [7, 11) is -4.56. The van der Waals surface area contributed by atoms with E-state index in [4.69, 9.17) is 4.98 Å². The molecule has 0 amide bonds. The molecular formula is C20H21F2N3O2S. The van der Waals surface area contributed by atoms with E-state index in [1.54, 1.807) is 12.1 Å². The maximum Gasteiger partial charge on any atom is 0.341 e. The van der Waals surface area contributed by atoms with Crippen LogP contribution in [0.15, 0.2) is 47.4 Å². The van der Waals surface area contributed by atoms with E-state index in [-0.39, 0.29) is 10.8 Å². The zero-order valence-corrected chi connectivity index (χ0v) is 16.2. The number of nitrogens with one attached hydrogen (secondary N) is 1. The molecule has 1 aromatic heterocycles. The number of hydrogen-bond acceptors (Lipinski definition) is 4. The molecule has 2 aromatic carbocycles. The first-order chi connectivity index (χ1) is 13.3. The standard InChI is InChI=1S/C20H21F2N3O2S/c1-13-4-9-17-18(11-13)24-19(23-17)14-3-2-10-25(12-14)15-5-7-16(8-6-15)28(26,27)20(21)22/h4-9,11,14,20H,2-3,10,12H2,1H3,(H,23,24)/t14-/m1/s1. The lowest BCUT2D eigenvalue weighted by Gasteiger charge is -2.33. The fraction of sp³-hybridized carbons (Fsp3) is 0.350. The first-order valence-corrected chi connectivity index (χ1v) is 10.7. The van der Waals surface area contributed by atoms with Gasteiger partial charge < -0.3 is 9.88 Å². The number of rotatable bonds is 4. The number of fused-ring (bicyclic) bond motifs is 1. The molecule has 0 unspecified atom stereocenters. The van der Waals surface area contributed by atoms with Crippen molar-refractivity contribution in [3.63, 3.8) is 0 Å². The lowest BCUT2D eigenvalue weighted by molar-refractivity contribution is 0.234. The molecule has 1 saturated heterocycles. The quantitative estimate of drug-likeness (QED) is 0.705. The average Bonchev–Trinajstić information content (AvgIpc) is 3.11. The molecule has 5 nitrogen and oxygen atoms in total. The largest absolute Gasteiger partial charge is 0.371 e. The molecule has 1 aliphatic rings. The van der Waals surface area contributed by atoms with Crippen LogP contribution in [0.4, 0.5) is 14.5 Å². The monoisotopic (exact) mass is 405 g/mol. The fourth-order valence-electron chi connectivity index (χ4n) is 3.72. The first kappa shape index (κ1) is 18.9. The van der Waals surface area contributed by atoms with Crippen LogP contribution < -0.4 is 4.90 Å². The Morgan fingerprint density at radius 2 is 1.93 bits per heavy atom. The van der Waals surface area contributed by atoms with Crippen molar-refractivity contribution in [1.82, 2.24) is 9.97 Å². The summed E-state index contributed by atoms with van der Waals surface area (Å²) in [5.74, 6) is -2.23. The minimum Gasteiger partial charge on any atom is -0.371 e. The van der Waals surface area contributed by atoms with Gasteiger partial charge in [0.25, 0.3) is 0 Å². The zero-order chi connectivity index (χ0) is 19.9. The van der Waals surface area contributed by atoms with Gasteiger partial charge >= 0.3 is 5.76 Å². The number of sulfone groups is 1. The molecule has 3 aromatic rings. The lowest BCUT2D eigenvalue weighted by Crippen LogP contribution is -2.34. The molecule has 1 aliphatic heterocycles. The van der Waals surface area contributed by atoms with E-state index in [0.29, 0.717) is 0 Å². The van der Waals surface area contributed by atoms with Crippen LogP contribution in [0, 0.1) is 6.92 Å². The number of aromatic amines is 1. The van der Waals surface area contributed by atoms with Crippen molar-refractivity contribution in [2.24, 2.45) is 0 Å².